The summed E-state index contributed by atoms with van der Waals surface area (Å²) in [7, 11) is 0. The van der Waals surface area contributed by atoms with E-state index in [4.69, 9.17) is 5.73 Å². The van der Waals surface area contributed by atoms with Gasteiger partial charge in [0.2, 0.25) is 0 Å². The molecule has 1 heterocycles. The van der Waals surface area contributed by atoms with Crippen LogP contribution in [0, 0.1) is 11.8 Å². The molecule has 1 aromatic rings. The zero-order valence-electron chi connectivity index (χ0n) is 12.2. The van der Waals surface area contributed by atoms with E-state index in [0.29, 0.717) is 24.7 Å². The van der Waals surface area contributed by atoms with E-state index in [1.54, 1.807) is 10.9 Å². The number of hydrogen-bond acceptors (Lipinski definition) is 4. The molecule has 0 aromatic carbocycles. The van der Waals surface area contributed by atoms with E-state index in [2.05, 4.69) is 22.6 Å². The van der Waals surface area contributed by atoms with Gasteiger partial charge in [0, 0.05) is 13.1 Å². The van der Waals surface area contributed by atoms with Gasteiger partial charge in [0.1, 0.15) is 0 Å². The topological polar surface area (TPSA) is 85.8 Å². The molecule has 6 heteroatoms. The lowest BCUT2D eigenvalue weighted by atomic mass is 9.81. The summed E-state index contributed by atoms with van der Waals surface area (Å²) in [6, 6.07) is 0. The lowest BCUT2D eigenvalue weighted by molar-refractivity contribution is 0.0936. The Morgan fingerprint density at radius 3 is 2.75 bits per heavy atom. The lowest BCUT2D eigenvalue weighted by Gasteiger charge is -2.27. The van der Waals surface area contributed by atoms with Crippen LogP contribution in [0.1, 0.15) is 49.5 Å². The first kappa shape index (κ1) is 15.0. The predicted molar refractivity (Wildman–Crippen MR) is 77.1 cm³/mol. The number of carbonyl (C=O) groups excluding carboxylic acids is 1. The van der Waals surface area contributed by atoms with Crippen molar-refractivity contribution in [1.29, 1.82) is 0 Å². The molecule has 0 bridgehead atoms. The predicted octanol–water partition coefficient (Wildman–Crippen LogP) is 1.18. The summed E-state index contributed by atoms with van der Waals surface area (Å²) in [5.74, 6) is 1.37. The maximum absolute atomic E-state index is 12.0. The fraction of sp³-hybridized carbons (Fsp3) is 0.786. The van der Waals surface area contributed by atoms with Gasteiger partial charge in [-0.2, -0.15) is 0 Å². The molecule has 6 nitrogen and oxygen atoms in total. The van der Waals surface area contributed by atoms with Crippen molar-refractivity contribution in [3.63, 3.8) is 0 Å². The minimum atomic E-state index is -0.133. The average Bonchev–Trinajstić information content (AvgIpc) is 2.94. The number of carbonyl (C=O) groups is 1. The molecule has 1 saturated carbocycles. The van der Waals surface area contributed by atoms with Gasteiger partial charge >= 0.3 is 0 Å². The van der Waals surface area contributed by atoms with Gasteiger partial charge in [0.25, 0.3) is 5.91 Å². The SMILES string of the molecule is CCC1CCC(CNC(=O)c2cn(CCN)nn2)CC1. The summed E-state index contributed by atoms with van der Waals surface area (Å²) in [5, 5.41) is 10.7. The minimum absolute atomic E-state index is 0.133. The van der Waals surface area contributed by atoms with Crippen LogP contribution >= 0.6 is 0 Å². The number of amides is 1. The van der Waals surface area contributed by atoms with E-state index in [9.17, 15) is 4.79 Å². The van der Waals surface area contributed by atoms with Crippen LogP contribution in [0.5, 0.6) is 0 Å². The second kappa shape index (κ2) is 7.38. The molecule has 0 radical (unpaired) electrons. The number of nitrogens with two attached hydrogens (primary N) is 1. The minimum Gasteiger partial charge on any atom is -0.350 e. The molecule has 1 aliphatic carbocycles. The van der Waals surface area contributed by atoms with Crippen LogP contribution in [-0.2, 0) is 6.54 Å². The molecule has 1 fully saturated rings. The summed E-state index contributed by atoms with van der Waals surface area (Å²) in [6.45, 7) is 4.09. The second-order valence-corrected chi connectivity index (χ2v) is 5.66. The van der Waals surface area contributed by atoms with Gasteiger partial charge in [-0.3, -0.25) is 9.48 Å². The van der Waals surface area contributed by atoms with E-state index in [-0.39, 0.29) is 5.91 Å². The van der Waals surface area contributed by atoms with Gasteiger partial charge in [-0.1, -0.05) is 31.4 Å². The van der Waals surface area contributed by atoms with Crippen molar-refractivity contribution in [1.82, 2.24) is 20.3 Å². The lowest BCUT2D eigenvalue weighted by Crippen LogP contribution is -2.31. The van der Waals surface area contributed by atoms with Crippen LogP contribution in [0.25, 0.3) is 0 Å². The number of nitrogens with zero attached hydrogens (tertiary/aromatic N) is 3. The first-order valence-corrected chi connectivity index (χ1v) is 7.61. The summed E-state index contributed by atoms with van der Waals surface area (Å²) >= 11 is 0. The molecule has 0 aliphatic heterocycles. The van der Waals surface area contributed by atoms with Gasteiger partial charge in [-0.25, -0.2) is 0 Å². The first-order valence-electron chi connectivity index (χ1n) is 7.61. The second-order valence-electron chi connectivity index (χ2n) is 5.66. The van der Waals surface area contributed by atoms with Crippen LogP contribution in [0.3, 0.4) is 0 Å². The molecule has 20 heavy (non-hydrogen) atoms. The summed E-state index contributed by atoms with van der Waals surface area (Å²) in [5.41, 5.74) is 5.81. The van der Waals surface area contributed by atoms with Gasteiger partial charge in [-0.05, 0) is 24.7 Å². The first-order chi connectivity index (χ1) is 9.72. The smallest absolute Gasteiger partial charge is 0.273 e. The largest absolute Gasteiger partial charge is 0.350 e. The van der Waals surface area contributed by atoms with E-state index in [0.717, 1.165) is 12.5 Å². The highest BCUT2D eigenvalue weighted by molar-refractivity contribution is 5.91. The molecule has 112 valence electrons. The third kappa shape index (κ3) is 4.03. The highest BCUT2D eigenvalue weighted by Crippen LogP contribution is 2.30. The summed E-state index contributed by atoms with van der Waals surface area (Å²) in [6.07, 6.45) is 7.96. The Labute approximate surface area is 120 Å². The van der Waals surface area contributed by atoms with E-state index in [1.165, 1.54) is 32.1 Å². The van der Waals surface area contributed by atoms with Gasteiger partial charge in [-0.15, -0.1) is 5.10 Å². The van der Waals surface area contributed by atoms with Gasteiger partial charge < -0.3 is 11.1 Å². The van der Waals surface area contributed by atoms with Crippen LogP contribution in [0.4, 0.5) is 0 Å². The molecule has 3 N–H and O–H groups in total. The number of nitrogens with one attached hydrogen (secondary N) is 1. The molecule has 0 unspecified atom stereocenters. The monoisotopic (exact) mass is 279 g/mol. The number of hydrogen-bond donors (Lipinski definition) is 2. The fourth-order valence-electron chi connectivity index (χ4n) is 2.82. The standard InChI is InChI=1S/C14H25N5O/c1-2-11-3-5-12(6-4-11)9-16-14(20)13-10-19(8-7-15)18-17-13/h10-12H,2-9,15H2,1H3,(H,16,20). The third-order valence-corrected chi connectivity index (χ3v) is 4.22. The molecule has 0 spiro atoms. The van der Waals surface area contributed by atoms with Crippen molar-refractivity contribution in [2.24, 2.45) is 17.6 Å². The van der Waals surface area contributed by atoms with E-state index >= 15 is 0 Å². The zero-order valence-corrected chi connectivity index (χ0v) is 12.2. The number of aromatic nitrogens is 3. The van der Waals surface area contributed by atoms with E-state index in [1.807, 2.05) is 0 Å². The van der Waals surface area contributed by atoms with Crippen LogP contribution in [0.15, 0.2) is 6.20 Å². The maximum Gasteiger partial charge on any atom is 0.273 e. The molecular weight excluding hydrogens is 254 g/mol. The Bertz CT molecular complexity index is 423. The number of rotatable bonds is 6. The van der Waals surface area contributed by atoms with Gasteiger partial charge in [0.05, 0.1) is 12.7 Å². The average molecular weight is 279 g/mol. The van der Waals surface area contributed by atoms with Crippen molar-refractivity contribution < 1.29 is 4.79 Å². The summed E-state index contributed by atoms with van der Waals surface area (Å²) in [4.78, 5) is 12.0. The van der Waals surface area contributed by atoms with Crippen molar-refractivity contribution in [3.05, 3.63) is 11.9 Å². The molecule has 2 rings (SSSR count). The van der Waals surface area contributed by atoms with Gasteiger partial charge in [0.15, 0.2) is 5.69 Å². The van der Waals surface area contributed by atoms with Crippen molar-refractivity contribution >= 4 is 5.91 Å². The Balaban J connectivity index is 1.74. The Kier molecular flexibility index (Phi) is 5.52. The molecular formula is C14H25N5O. The Morgan fingerprint density at radius 2 is 2.10 bits per heavy atom. The summed E-state index contributed by atoms with van der Waals surface area (Å²) < 4.78 is 1.60. The highest BCUT2D eigenvalue weighted by atomic mass is 16.2. The molecule has 0 atom stereocenters. The fourth-order valence-corrected chi connectivity index (χ4v) is 2.82. The highest BCUT2D eigenvalue weighted by Gasteiger charge is 2.21. The van der Waals surface area contributed by atoms with Crippen LogP contribution in [-0.4, -0.2) is 34.0 Å². The molecule has 1 aliphatic rings. The van der Waals surface area contributed by atoms with E-state index < -0.39 is 0 Å². The Morgan fingerprint density at radius 1 is 1.40 bits per heavy atom. The van der Waals surface area contributed by atoms with Crippen molar-refractivity contribution in [2.45, 2.75) is 45.6 Å². The molecule has 1 amide bonds. The van der Waals surface area contributed by atoms with Crippen molar-refractivity contribution in [2.75, 3.05) is 13.1 Å². The molecule has 1 aromatic heterocycles. The van der Waals surface area contributed by atoms with Crippen molar-refractivity contribution in [3.8, 4) is 0 Å². The quantitative estimate of drug-likeness (QED) is 0.819. The zero-order chi connectivity index (χ0) is 14.4. The molecule has 0 saturated heterocycles. The third-order valence-electron chi connectivity index (χ3n) is 4.22. The van der Waals surface area contributed by atoms with Crippen LogP contribution < -0.4 is 11.1 Å². The normalized spacial score (nSPS) is 22.7. The maximum atomic E-state index is 12.0. The van der Waals surface area contributed by atoms with Crippen LogP contribution in [0.2, 0.25) is 0 Å². The Hall–Kier alpha value is -1.43.